The van der Waals surface area contributed by atoms with Crippen LogP contribution in [0, 0.1) is 20.8 Å². The lowest BCUT2D eigenvalue weighted by Crippen LogP contribution is -2.39. The predicted octanol–water partition coefficient (Wildman–Crippen LogP) is 5.68. The Morgan fingerprint density at radius 3 is 2.34 bits per heavy atom. The van der Waals surface area contributed by atoms with Gasteiger partial charge in [-0.05, 0) is 63.8 Å². The number of amides is 2. The third-order valence-electron chi connectivity index (χ3n) is 6.55. The van der Waals surface area contributed by atoms with Crippen LogP contribution in [0.3, 0.4) is 0 Å². The number of rotatable bonds is 8. The highest BCUT2D eigenvalue weighted by Gasteiger charge is 2.24. The lowest BCUT2D eigenvalue weighted by molar-refractivity contribution is -0.129. The van der Waals surface area contributed by atoms with Gasteiger partial charge in [0.2, 0.25) is 5.91 Å². The topological polar surface area (TPSA) is 75.7 Å². The molecule has 0 bridgehead atoms. The van der Waals surface area contributed by atoms with Gasteiger partial charge in [-0.3, -0.25) is 9.59 Å². The molecule has 2 amide bonds. The maximum atomic E-state index is 12.9. The summed E-state index contributed by atoms with van der Waals surface area (Å²) < 4.78 is 5.50. The second kappa shape index (κ2) is 12.2. The number of esters is 1. The summed E-state index contributed by atoms with van der Waals surface area (Å²) in [6, 6.07) is 11.3. The summed E-state index contributed by atoms with van der Waals surface area (Å²) in [5.41, 5.74) is 4.13. The van der Waals surface area contributed by atoms with Crippen LogP contribution in [0.5, 0.6) is 0 Å². The van der Waals surface area contributed by atoms with Crippen LogP contribution >= 0.6 is 11.8 Å². The Labute approximate surface area is 212 Å². The number of benzene rings is 2. The highest BCUT2D eigenvalue weighted by molar-refractivity contribution is 8.00. The van der Waals surface area contributed by atoms with E-state index < -0.39 is 12.1 Å². The number of hydrogen-bond acceptors (Lipinski definition) is 5. The van der Waals surface area contributed by atoms with E-state index in [-0.39, 0.29) is 17.6 Å². The van der Waals surface area contributed by atoms with Gasteiger partial charge in [0, 0.05) is 23.7 Å². The van der Waals surface area contributed by atoms with Gasteiger partial charge < -0.3 is 15.0 Å². The summed E-state index contributed by atoms with van der Waals surface area (Å²) in [6.45, 7) is 7.44. The Hall–Kier alpha value is -2.80. The largest absolute Gasteiger partial charge is 0.449 e. The fourth-order valence-electron chi connectivity index (χ4n) is 4.55. The van der Waals surface area contributed by atoms with Crippen LogP contribution in [0.1, 0.15) is 66.1 Å². The van der Waals surface area contributed by atoms with Crippen molar-refractivity contribution in [1.82, 2.24) is 4.90 Å². The van der Waals surface area contributed by atoms with E-state index in [0.717, 1.165) is 35.2 Å². The smallest absolute Gasteiger partial charge is 0.340 e. The quantitative estimate of drug-likeness (QED) is 0.376. The highest BCUT2D eigenvalue weighted by atomic mass is 32.2. The van der Waals surface area contributed by atoms with Gasteiger partial charge in [-0.2, -0.15) is 0 Å². The summed E-state index contributed by atoms with van der Waals surface area (Å²) in [5, 5.41) is 2.89. The van der Waals surface area contributed by atoms with Crippen molar-refractivity contribution in [2.24, 2.45) is 0 Å². The van der Waals surface area contributed by atoms with Gasteiger partial charge in [-0.1, -0.05) is 49.1 Å². The number of carbonyl (C=O) groups is 3. The van der Waals surface area contributed by atoms with Gasteiger partial charge in [0.1, 0.15) is 0 Å². The van der Waals surface area contributed by atoms with E-state index >= 15 is 0 Å². The van der Waals surface area contributed by atoms with E-state index in [1.54, 1.807) is 25.1 Å². The minimum Gasteiger partial charge on any atom is -0.449 e. The first-order chi connectivity index (χ1) is 16.7. The molecule has 1 aliphatic carbocycles. The first kappa shape index (κ1) is 26.8. The van der Waals surface area contributed by atoms with Crippen LogP contribution in [0.15, 0.2) is 41.3 Å². The number of nitrogens with one attached hydrogen (secondary N) is 1. The van der Waals surface area contributed by atoms with Crippen molar-refractivity contribution in [3.63, 3.8) is 0 Å². The number of carbonyl (C=O) groups excluding carboxylic acids is 3. The fraction of sp³-hybridized carbons (Fsp3) is 0.464. The van der Waals surface area contributed by atoms with Crippen molar-refractivity contribution in [2.75, 3.05) is 18.1 Å². The fourth-order valence-corrected chi connectivity index (χ4v) is 5.52. The van der Waals surface area contributed by atoms with Crippen LogP contribution in [0.4, 0.5) is 5.69 Å². The van der Waals surface area contributed by atoms with Crippen molar-refractivity contribution in [3.8, 4) is 0 Å². The van der Waals surface area contributed by atoms with Crippen molar-refractivity contribution in [3.05, 3.63) is 58.7 Å². The molecule has 1 atom stereocenters. The highest BCUT2D eigenvalue weighted by Crippen LogP contribution is 2.27. The lowest BCUT2D eigenvalue weighted by Gasteiger charge is -2.31. The van der Waals surface area contributed by atoms with Crippen LogP contribution in [-0.4, -0.2) is 47.6 Å². The molecule has 35 heavy (non-hydrogen) atoms. The summed E-state index contributed by atoms with van der Waals surface area (Å²) in [4.78, 5) is 40.9. The normalized spacial score (nSPS) is 14.8. The average molecular weight is 497 g/mol. The summed E-state index contributed by atoms with van der Waals surface area (Å²) in [5.74, 6) is -0.662. The van der Waals surface area contributed by atoms with Crippen molar-refractivity contribution in [2.45, 2.75) is 76.8 Å². The molecule has 0 saturated heterocycles. The molecular weight excluding hydrogens is 460 g/mol. The van der Waals surface area contributed by atoms with Crippen LogP contribution in [0.2, 0.25) is 0 Å². The van der Waals surface area contributed by atoms with E-state index in [1.165, 1.54) is 31.0 Å². The summed E-state index contributed by atoms with van der Waals surface area (Å²) in [6.07, 6.45) is 4.70. The molecule has 0 radical (unpaired) electrons. The summed E-state index contributed by atoms with van der Waals surface area (Å²) in [7, 11) is 1.87. The zero-order valence-electron chi connectivity index (χ0n) is 21.3. The zero-order chi connectivity index (χ0) is 25.5. The van der Waals surface area contributed by atoms with E-state index in [0.29, 0.717) is 16.5 Å². The summed E-state index contributed by atoms with van der Waals surface area (Å²) >= 11 is 1.33. The number of ether oxygens (including phenoxy) is 1. The van der Waals surface area contributed by atoms with E-state index in [2.05, 4.69) is 5.32 Å². The molecule has 0 aliphatic heterocycles. The third-order valence-corrected chi connectivity index (χ3v) is 7.61. The molecule has 7 heteroatoms. The lowest BCUT2D eigenvalue weighted by atomic mass is 9.94. The molecule has 1 aliphatic rings. The minimum absolute atomic E-state index is 0.0571. The Bertz CT molecular complexity index is 1060. The second-order valence-corrected chi connectivity index (χ2v) is 10.4. The van der Waals surface area contributed by atoms with Crippen LogP contribution < -0.4 is 5.32 Å². The maximum absolute atomic E-state index is 12.9. The molecule has 2 aromatic rings. The number of anilines is 1. The molecule has 3 rings (SSSR count). The Morgan fingerprint density at radius 2 is 1.69 bits per heavy atom. The molecule has 0 heterocycles. The maximum Gasteiger partial charge on any atom is 0.340 e. The Kier molecular flexibility index (Phi) is 9.38. The molecule has 188 valence electrons. The second-order valence-electron chi connectivity index (χ2n) is 9.39. The van der Waals surface area contributed by atoms with Gasteiger partial charge in [0.25, 0.3) is 5.91 Å². The van der Waals surface area contributed by atoms with Gasteiger partial charge >= 0.3 is 5.97 Å². The van der Waals surface area contributed by atoms with Gasteiger partial charge in [-0.15, -0.1) is 11.8 Å². The van der Waals surface area contributed by atoms with Crippen molar-refractivity contribution >= 4 is 35.2 Å². The molecule has 0 aromatic heterocycles. The zero-order valence-corrected chi connectivity index (χ0v) is 22.2. The molecule has 6 nitrogen and oxygen atoms in total. The van der Waals surface area contributed by atoms with Gasteiger partial charge in [-0.25, -0.2) is 4.79 Å². The van der Waals surface area contributed by atoms with E-state index in [9.17, 15) is 14.4 Å². The average Bonchev–Trinajstić information content (AvgIpc) is 2.84. The standard InChI is InChI=1S/C28H36N2O4S/c1-18-15-19(2)26(20(3)16-18)29-27(32)21(4)34-28(33)23-13-9-10-14-24(23)35-17-25(31)30(5)22-11-7-6-8-12-22/h9-10,13-16,21-22H,6-8,11-12,17H2,1-5H3,(H,29,32). The predicted molar refractivity (Wildman–Crippen MR) is 141 cm³/mol. The van der Waals surface area contributed by atoms with E-state index in [4.69, 9.17) is 4.74 Å². The van der Waals surface area contributed by atoms with Crippen LogP contribution in [0.25, 0.3) is 0 Å². The van der Waals surface area contributed by atoms with E-state index in [1.807, 2.05) is 50.9 Å². The number of thioether (sulfide) groups is 1. The molecule has 0 spiro atoms. The number of aryl methyl sites for hydroxylation is 3. The van der Waals surface area contributed by atoms with Crippen molar-refractivity contribution in [1.29, 1.82) is 0 Å². The first-order valence-electron chi connectivity index (χ1n) is 12.2. The number of nitrogens with zero attached hydrogens (tertiary/aromatic N) is 1. The van der Waals surface area contributed by atoms with Gasteiger partial charge in [0.05, 0.1) is 11.3 Å². The third kappa shape index (κ3) is 7.10. The molecule has 1 fully saturated rings. The molecule has 2 aromatic carbocycles. The SMILES string of the molecule is Cc1cc(C)c(NC(=O)C(C)OC(=O)c2ccccc2SCC(=O)N(C)C2CCCCC2)c(C)c1. The number of hydrogen-bond donors (Lipinski definition) is 1. The minimum atomic E-state index is -0.972. The van der Waals surface area contributed by atoms with Gasteiger partial charge in [0.15, 0.2) is 6.10 Å². The van der Waals surface area contributed by atoms with Crippen molar-refractivity contribution < 1.29 is 19.1 Å². The molecule has 1 unspecified atom stereocenters. The first-order valence-corrected chi connectivity index (χ1v) is 13.2. The van der Waals surface area contributed by atoms with Crippen LogP contribution in [-0.2, 0) is 14.3 Å². The molecule has 1 saturated carbocycles. The Balaban J connectivity index is 1.60. The Morgan fingerprint density at radius 1 is 1.06 bits per heavy atom. The molecular formula is C28H36N2O4S. The molecule has 1 N–H and O–H groups in total. The monoisotopic (exact) mass is 496 g/mol.